The van der Waals surface area contributed by atoms with Gasteiger partial charge in [-0.3, -0.25) is 4.79 Å². The molecule has 2 aromatic rings. The molecule has 6 heteroatoms. The first-order valence-electron chi connectivity index (χ1n) is 8.11. The molecule has 3 rings (SSSR count). The van der Waals surface area contributed by atoms with Crippen LogP contribution in [0.25, 0.3) is 0 Å². The molecular weight excluding hydrogens is 360 g/mol. The van der Waals surface area contributed by atoms with Crippen molar-refractivity contribution >= 4 is 29.3 Å². The Kier molecular flexibility index (Phi) is 6.62. The number of rotatable bonds is 6. The predicted molar refractivity (Wildman–Crippen MR) is 98.3 cm³/mol. The summed E-state index contributed by atoms with van der Waals surface area (Å²) in [4.78, 5) is 13.0. The van der Waals surface area contributed by atoms with E-state index in [-0.39, 0.29) is 11.9 Å². The van der Waals surface area contributed by atoms with Gasteiger partial charge in [0.15, 0.2) is 0 Å². The highest BCUT2D eigenvalue weighted by molar-refractivity contribution is 7.99. The fraction of sp³-hybridized carbons (Fsp3) is 0.316. The third-order valence-electron chi connectivity index (χ3n) is 3.85. The predicted octanol–water partition coefficient (Wildman–Crippen LogP) is 5.15. The quantitative estimate of drug-likeness (QED) is 0.395. The van der Waals surface area contributed by atoms with Crippen molar-refractivity contribution in [1.29, 1.82) is 0 Å². The number of thioether (sulfide) groups is 1. The molecule has 0 aliphatic carbocycles. The zero-order valence-corrected chi connectivity index (χ0v) is 15.2. The Labute approximate surface area is 156 Å². The minimum Gasteiger partial charge on any atom is -0.457 e. The SMILES string of the molecule is O=C(OCSc1ccc(Oc2ccc(Cl)cc2)cc1)C1CCOCC1. The average Bonchev–Trinajstić information content (AvgIpc) is 2.66. The van der Waals surface area contributed by atoms with Crippen LogP contribution in [0.2, 0.25) is 5.02 Å². The first kappa shape index (κ1) is 18.1. The third-order valence-corrected chi connectivity index (χ3v) is 4.95. The van der Waals surface area contributed by atoms with Crippen LogP contribution in [-0.4, -0.2) is 25.1 Å². The number of ether oxygens (including phenoxy) is 3. The lowest BCUT2D eigenvalue weighted by Crippen LogP contribution is -2.25. The molecule has 0 aromatic heterocycles. The van der Waals surface area contributed by atoms with Crippen LogP contribution in [0.15, 0.2) is 53.4 Å². The molecule has 25 heavy (non-hydrogen) atoms. The van der Waals surface area contributed by atoms with E-state index in [1.165, 1.54) is 11.8 Å². The molecule has 1 fully saturated rings. The van der Waals surface area contributed by atoms with Crippen molar-refractivity contribution in [2.75, 3.05) is 19.2 Å². The lowest BCUT2D eigenvalue weighted by atomic mass is 10.0. The van der Waals surface area contributed by atoms with E-state index in [1.54, 1.807) is 12.1 Å². The van der Waals surface area contributed by atoms with Crippen molar-refractivity contribution in [3.63, 3.8) is 0 Å². The molecule has 1 aliphatic rings. The van der Waals surface area contributed by atoms with Crippen LogP contribution in [0.3, 0.4) is 0 Å². The number of benzene rings is 2. The molecule has 0 radical (unpaired) electrons. The van der Waals surface area contributed by atoms with Crippen molar-refractivity contribution in [2.45, 2.75) is 17.7 Å². The molecule has 0 bridgehead atoms. The van der Waals surface area contributed by atoms with Gasteiger partial charge in [-0.25, -0.2) is 0 Å². The van der Waals surface area contributed by atoms with Crippen LogP contribution in [-0.2, 0) is 14.3 Å². The normalized spacial score (nSPS) is 14.9. The third kappa shape index (κ3) is 5.66. The van der Waals surface area contributed by atoms with Crippen LogP contribution < -0.4 is 4.74 Å². The molecule has 0 atom stereocenters. The summed E-state index contributed by atoms with van der Waals surface area (Å²) in [5, 5.41) is 0.675. The molecule has 2 aromatic carbocycles. The van der Waals surface area contributed by atoms with Crippen LogP contribution in [0, 0.1) is 5.92 Å². The van der Waals surface area contributed by atoms with Gasteiger partial charge in [0.1, 0.15) is 17.4 Å². The Bertz CT molecular complexity index is 682. The summed E-state index contributed by atoms with van der Waals surface area (Å²) < 4.78 is 16.3. The van der Waals surface area contributed by atoms with Gasteiger partial charge in [-0.2, -0.15) is 0 Å². The van der Waals surface area contributed by atoms with Crippen molar-refractivity contribution in [3.8, 4) is 11.5 Å². The van der Waals surface area contributed by atoms with Crippen LogP contribution in [0.1, 0.15) is 12.8 Å². The second-order valence-corrected chi connectivity index (χ2v) is 7.07. The summed E-state index contributed by atoms with van der Waals surface area (Å²) in [6.45, 7) is 1.28. The molecule has 1 aliphatic heterocycles. The van der Waals surface area contributed by atoms with Crippen LogP contribution in [0.5, 0.6) is 11.5 Å². The van der Waals surface area contributed by atoms with Crippen LogP contribution in [0.4, 0.5) is 0 Å². The Morgan fingerprint density at radius 1 is 1.04 bits per heavy atom. The van der Waals surface area contributed by atoms with E-state index in [1.807, 2.05) is 36.4 Å². The van der Waals surface area contributed by atoms with E-state index in [4.69, 9.17) is 25.8 Å². The number of carbonyl (C=O) groups excluding carboxylic acids is 1. The van der Waals surface area contributed by atoms with Crippen molar-refractivity contribution in [1.82, 2.24) is 0 Å². The zero-order chi connectivity index (χ0) is 17.5. The Balaban J connectivity index is 1.44. The second kappa shape index (κ2) is 9.13. The van der Waals surface area contributed by atoms with E-state index in [2.05, 4.69) is 0 Å². The van der Waals surface area contributed by atoms with E-state index in [0.29, 0.717) is 24.2 Å². The smallest absolute Gasteiger partial charge is 0.309 e. The minimum atomic E-state index is -0.126. The zero-order valence-electron chi connectivity index (χ0n) is 13.7. The van der Waals surface area contributed by atoms with E-state index in [0.717, 1.165) is 29.2 Å². The van der Waals surface area contributed by atoms with Gasteiger partial charge in [0.25, 0.3) is 0 Å². The summed E-state index contributed by atoms with van der Waals surface area (Å²) in [5.41, 5.74) is 0. The maximum Gasteiger partial charge on any atom is 0.309 e. The van der Waals surface area contributed by atoms with Crippen molar-refractivity contribution < 1.29 is 19.0 Å². The van der Waals surface area contributed by atoms with Gasteiger partial charge in [0.2, 0.25) is 0 Å². The maximum atomic E-state index is 11.9. The first-order chi connectivity index (χ1) is 12.2. The fourth-order valence-corrected chi connectivity index (χ4v) is 3.22. The molecule has 0 N–H and O–H groups in total. The van der Waals surface area contributed by atoms with E-state index in [9.17, 15) is 4.79 Å². The van der Waals surface area contributed by atoms with Crippen molar-refractivity contribution in [2.24, 2.45) is 5.92 Å². The van der Waals surface area contributed by atoms with Gasteiger partial charge in [-0.1, -0.05) is 23.4 Å². The highest BCUT2D eigenvalue weighted by atomic mass is 35.5. The molecule has 0 spiro atoms. The molecule has 4 nitrogen and oxygen atoms in total. The second-order valence-electron chi connectivity index (χ2n) is 5.64. The molecular formula is C19H19ClO4S. The van der Waals surface area contributed by atoms with Crippen molar-refractivity contribution in [3.05, 3.63) is 53.6 Å². The van der Waals surface area contributed by atoms with Crippen LogP contribution >= 0.6 is 23.4 Å². The Morgan fingerprint density at radius 2 is 1.64 bits per heavy atom. The Hall–Kier alpha value is -1.69. The maximum absolute atomic E-state index is 11.9. The summed E-state index contributed by atoms with van der Waals surface area (Å²) in [6.07, 6.45) is 1.50. The summed E-state index contributed by atoms with van der Waals surface area (Å²) >= 11 is 7.34. The standard InChI is InChI=1S/C19H19ClO4S/c20-15-1-3-16(4-2-15)24-17-5-7-18(8-6-17)25-13-23-19(21)14-9-11-22-12-10-14/h1-8,14H,9-13H2. The first-order valence-corrected chi connectivity index (χ1v) is 9.48. The lowest BCUT2D eigenvalue weighted by molar-refractivity contribution is -0.149. The highest BCUT2D eigenvalue weighted by Crippen LogP contribution is 2.26. The van der Waals surface area contributed by atoms with Gasteiger partial charge >= 0.3 is 5.97 Å². The Morgan fingerprint density at radius 3 is 2.28 bits per heavy atom. The van der Waals surface area contributed by atoms with Gasteiger partial charge < -0.3 is 14.2 Å². The number of hydrogen-bond donors (Lipinski definition) is 0. The number of carbonyl (C=O) groups is 1. The van der Waals surface area contributed by atoms with Gasteiger partial charge in [0, 0.05) is 23.1 Å². The van der Waals surface area contributed by atoms with E-state index < -0.39 is 0 Å². The lowest BCUT2D eigenvalue weighted by Gasteiger charge is -2.20. The summed E-state index contributed by atoms with van der Waals surface area (Å²) in [7, 11) is 0. The minimum absolute atomic E-state index is 0.0236. The van der Waals surface area contributed by atoms with E-state index >= 15 is 0 Å². The molecule has 0 unspecified atom stereocenters. The molecule has 0 saturated carbocycles. The number of esters is 1. The average molecular weight is 379 g/mol. The highest BCUT2D eigenvalue weighted by Gasteiger charge is 2.22. The van der Waals surface area contributed by atoms with Gasteiger partial charge in [-0.15, -0.1) is 0 Å². The molecule has 1 saturated heterocycles. The topological polar surface area (TPSA) is 44.8 Å². The molecule has 132 valence electrons. The summed E-state index contributed by atoms with van der Waals surface area (Å²) in [6, 6.07) is 14.9. The number of halogens is 1. The van der Waals surface area contributed by atoms with Gasteiger partial charge in [0.05, 0.1) is 5.92 Å². The summed E-state index contributed by atoms with van der Waals surface area (Å²) in [5.74, 6) is 1.64. The molecule has 1 heterocycles. The number of hydrogen-bond acceptors (Lipinski definition) is 5. The largest absolute Gasteiger partial charge is 0.457 e. The monoisotopic (exact) mass is 378 g/mol. The van der Waals surface area contributed by atoms with Gasteiger partial charge in [-0.05, 0) is 61.4 Å². The molecule has 0 amide bonds. The fourth-order valence-electron chi connectivity index (χ4n) is 2.45.